The Bertz CT molecular complexity index is 1200. The third-order valence-corrected chi connectivity index (χ3v) is 4.47. The first-order valence-corrected chi connectivity index (χ1v) is 9.02. The van der Waals surface area contributed by atoms with Crippen molar-refractivity contribution in [3.63, 3.8) is 0 Å². The minimum Gasteiger partial charge on any atom is -0.493 e. The van der Waals surface area contributed by atoms with Crippen molar-refractivity contribution in [3.05, 3.63) is 43.3 Å². The van der Waals surface area contributed by atoms with Crippen LogP contribution in [0, 0.1) is 0 Å². The zero-order chi connectivity index (χ0) is 21.3. The molecule has 154 valence electrons. The number of aromatic amines is 1. The number of aromatic nitrogens is 6. The molecule has 4 aromatic rings. The van der Waals surface area contributed by atoms with Gasteiger partial charge in [-0.2, -0.15) is 5.10 Å². The van der Waals surface area contributed by atoms with Crippen molar-refractivity contribution in [2.75, 3.05) is 26.6 Å². The molecule has 0 aliphatic heterocycles. The summed E-state index contributed by atoms with van der Waals surface area (Å²) in [6.07, 6.45) is 5.17. The van der Waals surface area contributed by atoms with E-state index in [4.69, 9.17) is 14.2 Å². The SMILES string of the molecule is C=C(C)c1nc(Nc2cn(-c3cc(OC)c(OC)c(OC)c3)cn2)c2cn[nH]c2n1. The van der Waals surface area contributed by atoms with Crippen molar-refractivity contribution in [1.82, 2.24) is 29.7 Å². The number of H-pyrrole nitrogens is 1. The number of anilines is 2. The number of benzene rings is 1. The molecule has 0 bridgehead atoms. The van der Waals surface area contributed by atoms with Crippen LogP contribution >= 0.6 is 0 Å². The van der Waals surface area contributed by atoms with Crippen LogP contribution in [0.2, 0.25) is 0 Å². The summed E-state index contributed by atoms with van der Waals surface area (Å²) in [5.74, 6) is 3.34. The van der Waals surface area contributed by atoms with Gasteiger partial charge in [0.05, 0.1) is 44.8 Å². The highest BCUT2D eigenvalue weighted by Crippen LogP contribution is 2.39. The number of ether oxygens (including phenoxy) is 3. The van der Waals surface area contributed by atoms with Gasteiger partial charge in [0, 0.05) is 12.1 Å². The minimum absolute atomic E-state index is 0.526. The van der Waals surface area contributed by atoms with E-state index in [2.05, 4.69) is 37.0 Å². The van der Waals surface area contributed by atoms with E-state index in [1.54, 1.807) is 33.9 Å². The van der Waals surface area contributed by atoms with E-state index in [0.29, 0.717) is 40.4 Å². The first-order valence-electron chi connectivity index (χ1n) is 9.02. The molecule has 0 fully saturated rings. The molecule has 0 aliphatic rings. The van der Waals surface area contributed by atoms with Crippen LogP contribution in [-0.4, -0.2) is 51.0 Å². The molecule has 0 radical (unpaired) electrons. The van der Waals surface area contributed by atoms with Crippen LogP contribution in [0.5, 0.6) is 17.2 Å². The summed E-state index contributed by atoms with van der Waals surface area (Å²) in [4.78, 5) is 13.4. The second-order valence-corrected chi connectivity index (χ2v) is 6.48. The number of fused-ring (bicyclic) bond motifs is 1. The van der Waals surface area contributed by atoms with Crippen LogP contribution < -0.4 is 19.5 Å². The topological polar surface area (TPSA) is 112 Å². The Balaban J connectivity index is 1.70. The van der Waals surface area contributed by atoms with E-state index in [9.17, 15) is 0 Å². The highest BCUT2D eigenvalue weighted by Gasteiger charge is 2.15. The molecular weight excluding hydrogens is 386 g/mol. The van der Waals surface area contributed by atoms with E-state index in [1.807, 2.05) is 29.8 Å². The summed E-state index contributed by atoms with van der Waals surface area (Å²) in [7, 11) is 4.72. The van der Waals surface area contributed by atoms with E-state index < -0.39 is 0 Å². The van der Waals surface area contributed by atoms with Gasteiger partial charge in [0.2, 0.25) is 5.75 Å². The van der Waals surface area contributed by atoms with Crippen molar-refractivity contribution in [1.29, 1.82) is 0 Å². The predicted molar refractivity (Wildman–Crippen MR) is 113 cm³/mol. The largest absolute Gasteiger partial charge is 0.493 e. The number of imidazole rings is 1. The average molecular weight is 407 g/mol. The number of methoxy groups -OCH3 is 3. The Morgan fingerprint density at radius 2 is 1.83 bits per heavy atom. The minimum atomic E-state index is 0.526. The standard InChI is InChI=1S/C20H21N7O3/c1-11(2)18-24-19(13-8-22-26-20(13)25-18)23-16-9-27(10-21-16)12-6-14(28-3)17(30-5)15(7-12)29-4/h6-10H,1H2,2-5H3,(H2,22,23,24,25,26). The molecule has 1 aromatic carbocycles. The molecule has 0 atom stereocenters. The predicted octanol–water partition coefficient (Wildman–Crippen LogP) is 3.34. The quantitative estimate of drug-likeness (QED) is 0.480. The van der Waals surface area contributed by atoms with Crippen LogP contribution in [0.1, 0.15) is 12.7 Å². The fourth-order valence-electron chi connectivity index (χ4n) is 2.99. The summed E-state index contributed by atoms with van der Waals surface area (Å²) in [5.41, 5.74) is 2.16. The molecule has 0 unspecified atom stereocenters. The van der Waals surface area contributed by atoms with Gasteiger partial charge in [-0.25, -0.2) is 15.0 Å². The molecule has 0 saturated heterocycles. The van der Waals surface area contributed by atoms with Crippen LogP contribution in [0.25, 0.3) is 22.3 Å². The Morgan fingerprint density at radius 1 is 1.10 bits per heavy atom. The number of hydrogen-bond donors (Lipinski definition) is 2. The van der Waals surface area contributed by atoms with Crippen LogP contribution in [0.15, 0.2) is 37.4 Å². The molecule has 4 rings (SSSR count). The molecule has 3 heterocycles. The van der Waals surface area contributed by atoms with Crippen molar-refractivity contribution < 1.29 is 14.2 Å². The lowest BCUT2D eigenvalue weighted by atomic mass is 10.2. The number of nitrogens with one attached hydrogen (secondary N) is 2. The molecule has 3 aromatic heterocycles. The number of nitrogens with zero attached hydrogens (tertiary/aromatic N) is 5. The number of hydrogen-bond acceptors (Lipinski definition) is 8. The molecule has 30 heavy (non-hydrogen) atoms. The Morgan fingerprint density at radius 3 is 2.47 bits per heavy atom. The normalized spacial score (nSPS) is 10.8. The number of allylic oxidation sites excluding steroid dienone is 1. The van der Waals surface area contributed by atoms with Gasteiger partial charge in [0.15, 0.2) is 23.0 Å². The maximum Gasteiger partial charge on any atom is 0.203 e. The molecule has 0 aliphatic carbocycles. The third-order valence-electron chi connectivity index (χ3n) is 4.47. The number of rotatable bonds is 7. The molecular formula is C20H21N7O3. The van der Waals surface area contributed by atoms with Crippen LogP contribution in [-0.2, 0) is 0 Å². The molecule has 10 heteroatoms. The maximum atomic E-state index is 5.43. The van der Waals surface area contributed by atoms with Crippen molar-refractivity contribution in [3.8, 4) is 22.9 Å². The van der Waals surface area contributed by atoms with Gasteiger partial charge < -0.3 is 24.1 Å². The fraction of sp³-hybridized carbons (Fsp3) is 0.200. The summed E-state index contributed by atoms with van der Waals surface area (Å²) in [6.45, 7) is 5.76. The fourth-order valence-corrected chi connectivity index (χ4v) is 2.99. The molecule has 10 nitrogen and oxygen atoms in total. The molecule has 2 N–H and O–H groups in total. The Kier molecular flexibility index (Phi) is 4.97. The molecule has 0 amide bonds. The van der Waals surface area contributed by atoms with Gasteiger partial charge in [0.25, 0.3) is 0 Å². The highest BCUT2D eigenvalue weighted by atomic mass is 16.5. The van der Waals surface area contributed by atoms with Gasteiger partial charge >= 0.3 is 0 Å². The maximum absolute atomic E-state index is 5.43. The van der Waals surface area contributed by atoms with Gasteiger partial charge in [-0.15, -0.1) is 0 Å². The second kappa shape index (κ2) is 7.74. The summed E-state index contributed by atoms with van der Waals surface area (Å²) >= 11 is 0. The van der Waals surface area contributed by atoms with Crippen molar-refractivity contribution in [2.24, 2.45) is 0 Å². The molecule has 0 saturated carbocycles. The summed E-state index contributed by atoms with van der Waals surface area (Å²) in [6, 6.07) is 3.68. The van der Waals surface area contributed by atoms with Crippen LogP contribution in [0.3, 0.4) is 0 Å². The lowest BCUT2D eigenvalue weighted by Crippen LogP contribution is -2.00. The monoisotopic (exact) mass is 407 g/mol. The van der Waals surface area contributed by atoms with E-state index >= 15 is 0 Å². The van der Waals surface area contributed by atoms with E-state index in [0.717, 1.165) is 16.6 Å². The first-order chi connectivity index (χ1) is 14.5. The summed E-state index contributed by atoms with van der Waals surface area (Å²) in [5, 5.41) is 10.9. The van der Waals surface area contributed by atoms with Gasteiger partial charge in [-0.3, -0.25) is 5.10 Å². The lowest BCUT2D eigenvalue weighted by Gasteiger charge is -2.14. The third kappa shape index (κ3) is 3.39. The Hall–Kier alpha value is -4.08. The highest BCUT2D eigenvalue weighted by molar-refractivity contribution is 5.88. The van der Waals surface area contributed by atoms with Crippen molar-refractivity contribution >= 4 is 28.2 Å². The Labute approximate surface area is 172 Å². The van der Waals surface area contributed by atoms with Gasteiger partial charge in [-0.05, 0) is 12.5 Å². The smallest absolute Gasteiger partial charge is 0.203 e. The van der Waals surface area contributed by atoms with E-state index in [-0.39, 0.29) is 0 Å². The van der Waals surface area contributed by atoms with E-state index in [1.165, 1.54) is 0 Å². The zero-order valence-electron chi connectivity index (χ0n) is 17.1. The van der Waals surface area contributed by atoms with Crippen LogP contribution in [0.4, 0.5) is 11.6 Å². The zero-order valence-corrected chi connectivity index (χ0v) is 17.1. The summed E-state index contributed by atoms with van der Waals surface area (Å²) < 4.78 is 18.1. The first kappa shape index (κ1) is 19.2. The van der Waals surface area contributed by atoms with Gasteiger partial charge in [-0.1, -0.05) is 6.58 Å². The van der Waals surface area contributed by atoms with Gasteiger partial charge in [0.1, 0.15) is 18.0 Å². The molecule has 0 spiro atoms. The average Bonchev–Trinajstić information content (AvgIpc) is 3.42. The lowest BCUT2D eigenvalue weighted by molar-refractivity contribution is 0.324. The van der Waals surface area contributed by atoms with Crippen molar-refractivity contribution in [2.45, 2.75) is 6.92 Å². The second-order valence-electron chi connectivity index (χ2n) is 6.48.